The second-order valence-electron chi connectivity index (χ2n) is 5.80. The van der Waals surface area contributed by atoms with Crippen LogP contribution in [0, 0.1) is 0 Å². The van der Waals surface area contributed by atoms with Gasteiger partial charge in [0.25, 0.3) is 5.91 Å². The van der Waals surface area contributed by atoms with Crippen LogP contribution in [0.25, 0.3) is 0 Å². The summed E-state index contributed by atoms with van der Waals surface area (Å²) in [5.74, 6) is -2.05. The van der Waals surface area contributed by atoms with Gasteiger partial charge in [-0.1, -0.05) is 42.5 Å². The van der Waals surface area contributed by atoms with Gasteiger partial charge in [0.15, 0.2) is 9.84 Å². The molecule has 0 bridgehead atoms. The SMILES string of the molecule is CS(=O)(=O)Cc1ccc(C(=O)N[C@@H](Cc2ccccc2)C(=O)[O-])cc1. The molecule has 0 aliphatic rings. The Labute approximate surface area is 146 Å². The van der Waals surface area contributed by atoms with Crippen molar-refractivity contribution in [2.45, 2.75) is 18.2 Å². The van der Waals surface area contributed by atoms with Crippen LogP contribution in [0.1, 0.15) is 21.5 Å². The van der Waals surface area contributed by atoms with E-state index in [2.05, 4.69) is 5.32 Å². The molecular formula is C18H18NO5S-. The van der Waals surface area contributed by atoms with Crippen LogP contribution in [-0.4, -0.2) is 32.6 Å². The van der Waals surface area contributed by atoms with Crippen LogP contribution in [0.5, 0.6) is 0 Å². The molecule has 2 aromatic carbocycles. The number of hydrogen-bond donors (Lipinski definition) is 1. The predicted molar refractivity (Wildman–Crippen MR) is 91.4 cm³/mol. The van der Waals surface area contributed by atoms with Gasteiger partial charge in [-0.15, -0.1) is 0 Å². The minimum absolute atomic E-state index is 0.112. The number of sulfone groups is 1. The molecule has 6 nitrogen and oxygen atoms in total. The molecule has 1 N–H and O–H groups in total. The van der Waals surface area contributed by atoms with Crippen molar-refractivity contribution in [3.63, 3.8) is 0 Å². The zero-order valence-electron chi connectivity index (χ0n) is 13.6. The Morgan fingerprint density at radius 1 is 1.00 bits per heavy atom. The molecule has 0 fully saturated rings. The fourth-order valence-electron chi connectivity index (χ4n) is 2.34. The van der Waals surface area contributed by atoms with Crippen molar-refractivity contribution in [3.05, 3.63) is 71.3 Å². The number of carboxylic acid groups (broad SMARTS) is 1. The fraction of sp³-hybridized carbons (Fsp3) is 0.222. The van der Waals surface area contributed by atoms with Crippen molar-refractivity contribution < 1.29 is 23.1 Å². The van der Waals surface area contributed by atoms with Gasteiger partial charge in [-0.2, -0.15) is 0 Å². The lowest BCUT2D eigenvalue weighted by molar-refractivity contribution is -0.308. The van der Waals surface area contributed by atoms with E-state index in [1.165, 1.54) is 24.3 Å². The number of nitrogens with one attached hydrogen (secondary N) is 1. The van der Waals surface area contributed by atoms with Gasteiger partial charge in [-0.3, -0.25) is 4.79 Å². The lowest BCUT2D eigenvalue weighted by Crippen LogP contribution is -2.49. The zero-order chi connectivity index (χ0) is 18.4. The number of carboxylic acids is 1. The molecular weight excluding hydrogens is 342 g/mol. The third-order valence-corrected chi connectivity index (χ3v) is 4.38. The van der Waals surface area contributed by atoms with Crippen LogP contribution in [-0.2, 0) is 26.8 Å². The van der Waals surface area contributed by atoms with Gasteiger partial charge in [0, 0.05) is 11.8 Å². The topological polar surface area (TPSA) is 103 Å². The summed E-state index contributed by atoms with van der Waals surface area (Å²) in [5, 5.41) is 13.7. The van der Waals surface area contributed by atoms with Crippen LogP contribution < -0.4 is 10.4 Å². The maximum atomic E-state index is 12.2. The van der Waals surface area contributed by atoms with Crippen molar-refractivity contribution in [1.29, 1.82) is 0 Å². The van der Waals surface area contributed by atoms with Crippen molar-refractivity contribution in [3.8, 4) is 0 Å². The highest BCUT2D eigenvalue weighted by Gasteiger charge is 2.16. The summed E-state index contributed by atoms with van der Waals surface area (Å²) in [7, 11) is -3.16. The molecule has 2 aromatic rings. The minimum Gasteiger partial charge on any atom is -0.548 e. The summed E-state index contributed by atoms with van der Waals surface area (Å²) in [6.07, 6.45) is 1.24. The highest BCUT2D eigenvalue weighted by molar-refractivity contribution is 7.89. The Balaban J connectivity index is 2.06. The second-order valence-corrected chi connectivity index (χ2v) is 7.94. The number of amides is 1. The van der Waals surface area contributed by atoms with Crippen LogP contribution in [0.2, 0.25) is 0 Å². The van der Waals surface area contributed by atoms with E-state index in [1.807, 2.05) is 6.07 Å². The molecule has 25 heavy (non-hydrogen) atoms. The van der Waals surface area contributed by atoms with E-state index in [1.54, 1.807) is 24.3 Å². The smallest absolute Gasteiger partial charge is 0.251 e. The molecule has 1 amide bonds. The quantitative estimate of drug-likeness (QED) is 0.766. The molecule has 0 aromatic heterocycles. The number of carbonyl (C=O) groups is 2. The Morgan fingerprint density at radius 3 is 2.12 bits per heavy atom. The van der Waals surface area contributed by atoms with Crippen LogP contribution in [0.3, 0.4) is 0 Å². The third kappa shape index (κ3) is 6.04. The van der Waals surface area contributed by atoms with Gasteiger partial charge >= 0.3 is 0 Å². The summed E-state index contributed by atoms with van der Waals surface area (Å²) in [6, 6.07) is 13.7. The first-order valence-corrected chi connectivity index (χ1v) is 9.63. The predicted octanol–water partition coefficient (Wildman–Crippen LogP) is 0.322. The normalized spacial score (nSPS) is 12.4. The Bertz CT molecular complexity index is 845. The van der Waals surface area contributed by atoms with Crippen molar-refractivity contribution in [1.82, 2.24) is 5.32 Å². The van der Waals surface area contributed by atoms with Gasteiger partial charge < -0.3 is 15.2 Å². The molecule has 0 aliphatic carbocycles. The van der Waals surface area contributed by atoms with E-state index in [9.17, 15) is 23.1 Å². The average Bonchev–Trinajstić information content (AvgIpc) is 2.54. The molecule has 1 atom stereocenters. The highest BCUT2D eigenvalue weighted by Crippen LogP contribution is 2.09. The summed E-state index contributed by atoms with van der Waals surface area (Å²) in [5.41, 5.74) is 1.57. The van der Waals surface area contributed by atoms with Gasteiger partial charge in [-0.05, 0) is 29.7 Å². The Kier molecular flexibility index (Phi) is 5.93. The van der Waals surface area contributed by atoms with E-state index in [0.29, 0.717) is 5.56 Å². The third-order valence-electron chi connectivity index (χ3n) is 3.52. The molecule has 0 heterocycles. The molecule has 0 radical (unpaired) electrons. The molecule has 0 spiro atoms. The van der Waals surface area contributed by atoms with E-state index in [-0.39, 0.29) is 17.7 Å². The molecule has 0 aliphatic heterocycles. The molecule has 0 saturated heterocycles. The molecule has 0 unspecified atom stereocenters. The summed E-state index contributed by atoms with van der Waals surface area (Å²) in [6.45, 7) is 0. The number of carbonyl (C=O) groups excluding carboxylic acids is 2. The number of benzene rings is 2. The first kappa shape index (κ1) is 18.7. The van der Waals surface area contributed by atoms with Crippen LogP contribution >= 0.6 is 0 Å². The monoisotopic (exact) mass is 360 g/mol. The standard InChI is InChI=1S/C18H19NO5S/c1-25(23,24)12-14-7-9-15(10-8-14)17(20)19-16(18(21)22)11-13-5-3-2-4-6-13/h2-10,16H,11-12H2,1H3,(H,19,20)(H,21,22)/p-1/t16-/m0/s1. The Hall–Kier alpha value is -2.67. The lowest BCUT2D eigenvalue weighted by Gasteiger charge is -2.20. The zero-order valence-corrected chi connectivity index (χ0v) is 14.5. The van der Waals surface area contributed by atoms with Gasteiger partial charge in [0.1, 0.15) is 0 Å². The first-order valence-electron chi connectivity index (χ1n) is 7.57. The van der Waals surface area contributed by atoms with Gasteiger partial charge in [0.05, 0.1) is 17.8 Å². The fourth-order valence-corrected chi connectivity index (χ4v) is 3.14. The summed E-state index contributed by atoms with van der Waals surface area (Å²) >= 11 is 0. The molecule has 132 valence electrons. The maximum Gasteiger partial charge on any atom is 0.251 e. The lowest BCUT2D eigenvalue weighted by atomic mass is 10.1. The number of rotatable bonds is 7. The molecule has 7 heteroatoms. The maximum absolute atomic E-state index is 12.2. The first-order chi connectivity index (χ1) is 11.7. The Morgan fingerprint density at radius 2 is 1.60 bits per heavy atom. The summed E-state index contributed by atoms with van der Waals surface area (Å²) in [4.78, 5) is 23.5. The van der Waals surface area contributed by atoms with Crippen LogP contribution in [0.15, 0.2) is 54.6 Å². The van der Waals surface area contributed by atoms with Gasteiger partial charge in [0.2, 0.25) is 0 Å². The second kappa shape index (κ2) is 7.94. The minimum atomic E-state index is -3.16. The van der Waals surface area contributed by atoms with Crippen molar-refractivity contribution in [2.24, 2.45) is 0 Å². The largest absolute Gasteiger partial charge is 0.548 e. The molecule has 2 rings (SSSR count). The van der Waals surface area contributed by atoms with Crippen molar-refractivity contribution in [2.75, 3.05) is 6.26 Å². The van der Waals surface area contributed by atoms with E-state index >= 15 is 0 Å². The van der Waals surface area contributed by atoms with E-state index < -0.39 is 27.8 Å². The van der Waals surface area contributed by atoms with E-state index in [4.69, 9.17) is 0 Å². The van der Waals surface area contributed by atoms with E-state index in [0.717, 1.165) is 11.8 Å². The van der Waals surface area contributed by atoms with Crippen molar-refractivity contribution >= 4 is 21.7 Å². The average molecular weight is 360 g/mol. The van der Waals surface area contributed by atoms with Crippen LogP contribution in [0.4, 0.5) is 0 Å². The number of hydrogen-bond acceptors (Lipinski definition) is 5. The summed E-state index contributed by atoms with van der Waals surface area (Å²) < 4.78 is 22.5. The molecule has 0 saturated carbocycles. The number of aliphatic carboxylic acids is 1. The van der Waals surface area contributed by atoms with Gasteiger partial charge in [-0.25, -0.2) is 8.42 Å². The highest BCUT2D eigenvalue weighted by atomic mass is 32.2.